The number of amides is 1. The number of carbonyl (C=O) groups excluding carboxylic acids is 2. The molecule has 1 aromatic carbocycles. The second-order valence-electron chi connectivity index (χ2n) is 6.99. The van der Waals surface area contributed by atoms with E-state index in [1.54, 1.807) is 19.9 Å². The van der Waals surface area contributed by atoms with E-state index in [-0.39, 0.29) is 24.0 Å². The van der Waals surface area contributed by atoms with Gasteiger partial charge in [0.25, 0.3) is 0 Å². The summed E-state index contributed by atoms with van der Waals surface area (Å²) in [5.74, 6) is -1.78. The Hall–Kier alpha value is -2.30. The summed E-state index contributed by atoms with van der Waals surface area (Å²) in [4.78, 5) is 25.1. The van der Waals surface area contributed by atoms with E-state index in [0.717, 1.165) is 23.5 Å². The number of benzene rings is 1. The lowest BCUT2D eigenvalue weighted by Gasteiger charge is -2.31. The summed E-state index contributed by atoms with van der Waals surface area (Å²) >= 11 is 1.13. The van der Waals surface area contributed by atoms with E-state index in [1.807, 2.05) is 0 Å². The summed E-state index contributed by atoms with van der Waals surface area (Å²) in [7, 11) is -3.81. The molecule has 10 heteroatoms. The van der Waals surface area contributed by atoms with Crippen molar-refractivity contribution in [3.8, 4) is 0 Å². The number of nitrogens with zero attached hydrogens (tertiary/aromatic N) is 1. The summed E-state index contributed by atoms with van der Waals surface area (Å²) in [5.41, 5.74) is 0.706. The quantitative estimate of drug-likeness (QED) is 0.676. The fraction of sp³-hybridized carbons (Fsp3) is 0.400. The lowest BCUT2D eigenvalue weighted by atomic mass is 9.99. The number of ether oxygens (including phenoxy) is 1. The number of anilines is 1. The Morgan fingerprint density at radius 3 is 2.67 bits per heavy atom. The number of carbonyl (C=O) groups is 2. The zero-order valence-corrected chi connectivity index (χ0v) is 18.3. The van der Waals surface area contributed by atoms with Crippen LogP contribution in [0.1, 0.15) is 35.0 Å². The van der Waals surface area contributed by atoms with E-state index in [0.29, 0.717) is 34.8 Å². The Morgan fingerprint density at radius 1 is 1.30 bits per heavy atom. The number of halogens is 1. The molecule has 1 aromatic heterocycles. The normalized spacial score (nSPS) is 17.5. The van der Waals surface area contributed by atoms with Gasteiger partial charge >= 0.3 is 5.97 Å². The molecule has 1 N–H and O–H groups in total. The van der Waals surface area contributed by atoms with Gasteiger partial charge in [0.15, 0.2) is 0 Å². The maximum atomic E-state index is 13.1. The van der Waals surface area contributed by atoms with Crippen LogP contribution < -0.4 is 5.32 Å². The van der Waals surface area contributed by atoms with Crippen molar-refractivity contribution < 1.29 is 27.1 Å². The predicted molar refractivity (Wildman–Crippen MR) is 112 cm³/mol. The van der Waals surface area contributed by atoms with E-state index in [9.17, 15) is 22.4 Å². The topological polar surface area (TPSA) is 92.8 Å². The SMILES string of the molecule is CCOC(=O)c1sc(NC(=O)C2CCCN(S(=O)(=O)c3ccc(F)cc3)C2)cc1C. The second kappa shape index (κ2) is 9.23. The molecule has 1 aliphatic heterocycles. The first-order chi connectivity index (χ1) is 14.2. The van der Waals surface area contributed by atoms with Gasteiger partial charge < -0.3 is 10.1 Å². The fourth-order valence-corrected chi connectivity index (χ4v) is 5.79. The molecule has 2 heterocycles. The van der Waals surface area contributed by atoms with Crippen LogP contribution in [0.2, 0.25) is 0 Å². The van der Waals surface area contributed by atoms with Gasteiger partial charge in [-0.3, -0.25) is 4.79 Å². The first-order valence-corrected chi connectivity index (χ1v) is 11.8. The van der Waals surface area contributed by atoms with Gasteiger partial charge in [-0.1, -0.05) is 0 Å². The molecule has 1 amide bonds. The molecule has 0 radical (unpaired) electrons. The Kier molecular flexibility index (Phi) is 6.89. The van der Waals surface area contributed by atoms with Crippen molar-refractivity contribution in [1.82, 2.24) is 4.31 Å². The molecule has 7 nitrogen and oxygen atoms in total. The summed E-state index contributed by atoms with van der Waals surface area (Å²) in [6, 6.07) is 6.34. The van der Waals surface area contributed by atoms with E-state index in [1.165, 1.54) is 16.4 Å². The number of hydrogen-bond donors (Lipinski definition) is 1. The molecule has 1 unspecified atom stereocenters. The van der Waals surface area contributed by atoms with Crippen LogP contribution >= 0.6 is 11.3 Å². The Morgan fingerprint density at radius 2 is 2.00 bits per heavy atom. The van der Waals surface area contributed by atoms with E-state index in [2.05, 4.69) is 5.32 Å². The van der Waals surface area contributed by atoms with Crippen molar-refractivity contribution >= 4 is 38.2 Å². The zero-order chi connectivity index (χ0) is 21.9. The molecule has 0 bridgehead atoms. The molecule has 0 aliphatic carbocycles. The van der Waals surface area contributed by atoms with Crippen LogP contribution in [-0.4, -0.2) is 44.3 Å². The van der Waals surface area contributed by atoms with Gasteiger partial charge in [0, 0.05) is 13.1 Å². The molecular weight excluding hydrogens is 431 g/mol. The number of aryl methyl sites for hydroxylation is 1. The average molecular weight is 455 g/mol. The number of sulfonamides is 1. The minimum absolute atomic E-state index is 0.00193. The van der Waals surface area contributed by atoms with Crippen LogP contribution in [0.4, 0.5) is 9.39 Å². The lowest BCUT2D eigenvalue weighted by Crippen LogP contribution is -2.43. The third-order valence-corrected chi connectivity index (χ3v) is 7.84. The van der Waals surface area contributed by atoms with Crippen molar-refractivity contribution in [1.29, 1.82) is 0 Å². The van der Waals surface area contributed by atoms with Crippen LogP contribution in [0.3, 0.4) is 0 Å². The number of esters is 1. The smallest absolute Gasteiger partial charge is 0.348 e. The minimum Gasteiger partial charge on any atom is -0.462 e. The molecule has 1 aliphatic rings. The van der Waals surface area contributed by atoms with Crippen molar-refractivity contribution in [2.75, 3.05) is 25.0 Å². The molecule has 0 spiro atoms. The van der Waals surface area contributed by atoms with Crippen molar-refractivity contribution in [3.05, 3.63) is 46.6 Å². The van der Waals surface area contributed by atoms with Crippen LogP contribution in [0, 0.1) is 18.7 Å². The van der Waals surface area contributed by atoms with Crippen molar-refractivity contribution in [3.63, 3.8) is 0 Å². The molecular formula is C20H23FN2O5S2. The zero-order valence-electron chi connectivity index (χ0n) is 16.7. The Bertz CT molecular complexity index is 1030. The van der Waals surface area contributed by atoms with E-state index < -0.39 is 27.7 Å². The number of piperidine rings is 1. The summed E-state index contributed by atoms with van der Waals surface area (Å²) < 4.78 is 45.1. The highest BCUT2D eigenvalue weighted by Gasteiger charge is 2.33. The van der Waals surface area contributed by atoms with Crippen molar-refractivity contribution in [2.45, 2.75) is 31.6 Å². The van der Waals surface area contributed by atoms with Gasteiger partial charge in [0.1, 0.15) is 10.7 Å². The molecule has 0 saturated carbocycles. The van der Waals surface area contributed by atoms with Gasteiger partial charge in [-0.05, 0) is 62.6 Å². The average Bonchev–Trinajstić information content (AvgIpc) is 3.08. The van der Waals surface area contributed by atoms with Gasteiger partial charge in [0.2, 0.25) is 15.9 Å². The summed E-state index contributed by atoms with van der Waals surface area (Å²) in [6.45, 7) is 4.09. The first kappa shape index (κ1) is 22.4. The molecule has 1 saturated heterocycles. The second-order valence-corrected chi connectivity index (χ2v) is 9.98. The van der Waals surface area contributed by atoms with Crippen LogP contribution in [0.25, 0.3) is 0 Å². The monoisotopic (exact) mass is 454 g/mol. The molecule has 1 fully saturated rings. The summed E-state index contributed by atoms with van der Waals surface area (Å²) in [5, 5.41) is 3.30. The van der Waals surface area contributed by atoms with E-state index >= 15 is 0 Å². The number of nitrogens with one attached hydrogen (secondary N) is 1. The van der Waals surface area contributed by atoms with Crippen LogP contribution in [0.15, 0.2) is 35.2 Å². The maximum absolute atomic E-state index is 13.1. The first-order valence-electron chi connectivity index (χ1n) is 9.56. The van der Waals surface area contributed by atoms with Gasteiger partial charge in [-0.15, -0.1) is 11.3 Å². The minimum atomic E-state index is -3.81. The number of thiophene rings is 1. The molecule has 162 valence electrons. The number of rotatable bonds is 6. The number of hydrogen-bond acceptors (Lipinski definition) is 6. The third-order valence-electron chi connectivity index (χ3n) is 4.83. The molecule has 1 atom stereocenters. The fourth-order valence-electron chi connectivity index (χ4n) is 3.30. The molecule has 30 heavy (non-hydrogen) atoms. The Balaban J connectivity index is 1.69. The summed E-state index contributed by atoms with van der Waals surface area (Å²) in [6.07, 6.45) is 1.09. The molecule has 2 aromatic rings. The maximum Gasteiger partial charge on any atom is 0.348 e. The van der Waals surface area contributed by atoms with Gasteiger partial charge in [-0.2, -0.15) is 4.31 Å². The van der Waals surface area contributed by atoms with Gasteiger partial charge in [0.05, 0.1) is 22.4 Å². The van der Waals surface area contributed by atoms with Crippen LogP contribution in [0.5, 0.6) is 0 Å². The van der Waals surface area contributed by atoms with Crippen molar-refractivity contribution in [2.24, 2.45) is 5.92 Å². The lowest BCUT2D eigenvalue weighted by molar-refractivity contribution is -0.120. The third kappa shape index (κ3) is 4.88. The predicted octanol–water partition coefficient (Wildman–Crippen LogP) is 3.41. The highest BCUT2D eigenvalue weighted by Crippen LogP contribution is 2.29. The van der Waals surface area contributed by atoms with Gasteiger partial charge in [-0.25, -0.2) is 17.6 Å². The van der Waals surface area contributed by atoms with Crippen LogP contribution in [-0.2, 0) is 19.6 Å². The van der Waals surface area contributed by atoms with E-state index in [4.69, 9.17) is 4.74 Å². The highest BCUT2D eigenvalue weighted by atomic mass is 32.2. The largest absolute Gasteiger partial charge is 0.462 e. The standard InChI is InChI=1S/C20H23FN2O5S2/c1-3-28-20(25)18-13(2)11-17(29-18)22-19(24)14-5-4-10-23(12-14)30(26,27)16-8-6-15(21)7-9-16/h6-9,11,14H,3-5,10,12H2,1-2H3,(H,22,24). The molecule has 3 rings (SSSR count). The Labute approximate surface area is 178 Å². The highest BCUT2D eigenvalue weighted by molar-refractivity contribution is 7.89.